The van der Waals surface area contributed by atoms with Gasteiger partial charge in [0.05, 0.1) is 4.90 Å². The quantitative estimate of drug-likeness (QED) is 0.460. The lowest BCUT2D eigenvalue weighted by molar-refractivity contribution is -0.222. The van der Waals surface area contributed by atoms with Gasteiger partial charge < -0.3 is 14.8 Å². The molecule has 0 bridgehead atoms. The summed E-state index contributed by atoms with van der Waals surface area (Å²) in [6.07, 6.45) is 1.16. The van der Waals surface area contributed by atoms with Gasteiger partial charge in [-0.3, -0.25) is 0 Å². The first-order valence-electron chi connectivity index (χ1n) is 7.56. The molecule has 0 aliphatic carbocycles. The number of esters is 2. The highest BCUT2D eigenvalue weighted by atomic mass is 32.2. The van der Waals surface area contributed by atoms with E-state index in [0.717, 1.165) is 6.20 Å². The molecule has 8 nitrogen and oxygen atoms in total. The topological polar surface area (TPSA) is 111 Å². The average molecular weight is 368 g/mol. The van der Waals surface area contributed by atoms with Crippen molar-refractivity contribution in [2.75, 3.05) is 5.32 Å². The first-order valence-corrected chi connectivity index (χ1v) is 9.04. The van der Waals surface area contributed by atoms with Gasteiger partial charge in [-0.2, -0.15) is 0 Å². The molecular formula is C16H20N2O6S. The molecule has 2 N–H and O–H groups in total. The van der Waals surface area contributed by atoms with Gasteiger partial charge in [-0.05, 0) is 38.1 Å². The van der Waals surface area contributed by atoms with Gasteiger partial charge in [0, 0.05) is 31.8 Å². The summed E-state index contributed by atoms with van der Waals surface area (Å²) in [6, 6.07) is 5.61. The van der Waals surface area contributed by atoms with Crippen molar-refractivity contribution in [1.29, 1.82) is 0 Å². The number of rotatable bonds is 5. The second-order valence-electron chi connectivity index (χ2n) is 6.18. The molecule has 136 valence electrons. The highest BCUT2D eigenvalue weighted by Gasteiger charge is 2.38. The summed E-state index contributed by atoms with van der Waals surface area (Å²) in [6.45, 7) is 6.36. The smallest absolute Gasteiger partial charge is 0.350 e. The van der Waals surface area contributed by atoms with Gasteiger partial charge in [-0.1, -0.05) is 0 Å². The maximum absolute atomic E-state index is 12.0. The van der Waals surface area contributed by atoms with Crippen LogP contribution in [0.4, 0.5) is 5.69 Å². The highest BCUT2D eigenvalue weighted by Crippen LogP contribution is 2.23. The van der Waals surface area contributed by atoms with Crippen LogP contribution in [-0.2, 0) is 29.1 Å². The number of nitrogens with one attached hydrogen (secondary N) is 2. The molecule has 1 saturated heterocycles. The van der Waals surface area contributed by atoms with E-state index in [1.165, 1.54) is 38.1 Å². The number of hydrogen-bond donors (Lipinski definition) is 2. The van der Waals surface area contributed by atoms with E-state index in [4.69, 9.17) is 9.47 Å². The molecule has 0 saturated carbocycles. The Morgan fingerprint density at radius 1 is 1.04 bits per heavy atom. The minimum Gasteiger partial charge on any atom is -0.419 e. The molecule has 0 unspecified atom stereocenters. The molecule has 1 aromatic rings. The first-order chi connectivity index (χ1) is 11.5. The molecule has 9 heteroatoms. The van der Waals surface area contributed by atoms with Crippen molar-refractivity contribution in [3.05, 3.63) is 36.0 Å². The van der Waals surface area contributed by atoms with Crippen molar-refractivity contribution in [1.82, 2.24) is 4.72 Å². The number of carbonyl (C=O) groups is 2. The molecular weight excluding hydrogens is 348 g/mol. The Bertz CT molecular complexity index is 788. The van der Waals surface area contributed by atoms with Crippen molar-refractivity contribution in [3.8, 4) is 0 Å². The Hall–Kier alpha value is -2.39. The largest absolute Gasteiger partial charge is 0.419 e. The molecule has 0 radical (unpaired) electrons. The maximum atomic E-state index is 12.0. The summed E-state index contributed by atoms with van der Waals surface area (Å²) in [4.78, 5) is 23.7. The monoisotopic (exact) mass is 368 g/mol. The van der Waals surface area contributed by atoms with E-state index in [-0.39, 0.29) is 16.5 Å². The molecule has 2 rings (SSSR count). The van der Waals surface area contributed by atoms with Crippen molar-refractivity contribution in [2.45, 2.75) is 44.4 Å². The molecule has 25 heavy (non-hydrogen) atoms. The summed E-state index contributed by atoms with van der Waals surface area (Å²) in [5.41, 5.74) is 0.207. The zero-order valence-electron chi connectivity index (χ0n) is 14.3. The zero-order chi connectivity index (χ0) is 18.8. The Morgan fingerprint density at radius 2 is 1.56 bits per heavy atom. The first kappa shape index (κ1) is 18.9. The van der Waals surface area contributed by atoms with Crippen molar-refractivity contribution >= 4 is 27.6 Å². The van der Waals surface area contributed by atoms with Crippen LogP contribution in [0.25, 0.3) is 0 Å². The lowest BCUT2D eigenvalue weighted by atomic mass is 10.2. The van der Waals surface area contributed by atoms with Crippen LogP contribution in [-0.4, -0.2) is 32.2 Å². The number of hydrogen-bond acceptors (Lipinski definition) is 7. The molecule has 0 amide bonds. The van der Waals surface area contributed by atoms with Gasteiger partial charge in [0.25, 0.3) is 5.79 Å². The molecule has 0 atom stereocenters. The number of benzene rings is 1. The fraction of sp³-hybridized carbons (Fsp3) is 0.375. The summed E-state index contributed by atoms with van der Waals surface area (Å²) in [7, 11) is -3.58. The van der Waals surface area contributed by atoms with Crippen LogP contribution in [0.3, 0.4) is 0 Å². The van der Waals surface area contributed by atoms with Crippen LogP contribution in [0.5, 0.6) is 0 Å². The third kappa shape index (κ3) is 4.80. The van der Waals surface area contributed by atoms with Crippen LogP contribution in [0.15, 0.2) is 40.9 Å². The zero-order valence-corrected chi connectivity index (χ0v) is 15.1. The van der Waals surface area contributed by atoms with E-state index in [9.17, 15) is 18.0 Å². The Balaban J connectivity index is 2.12. The van der Waals surface area contributed by atoms with Crippen LogP contribution in [0.2, 0.25) is 0 Å². The van der Waals surface area contributed by atoms with E-state index in [1.54, 1.807) is 13.8 Å². The third-order valence-electron chi connectivity index (χ3n) is 3.06. The van der Waals surface area contributed by atoms with Gasteiger partial charge in [0.2, 0.25) is 10.0 Å². The molecule has 1 fully saturated rings. The van der Waals surface area contributed by atoms with E-state index in [1.807, 2.05) is 0 Å². The molecule has 0 spiro atoms. The Kier molecular flexibility index (Phi) is 5.19. The Labute approximate surface area is 146 Å². The van der Waals surface area contributed by atoms with Crippen LogP contribution in [0.1, 0.15) is 27.7 Å². The average Bonchev–Trinajstić information content (AvgIpc) is 2.44. The predicted molar refractivity (Wildman–Crippen MR) is 89.9 cm³/mol. The van der Waals surface area contributed by atoms with E-state index < -0.39 is 27.7 Å². The lowest BCUT2D eigenvalue weighted by Crippen LogP contribution is -2.42. The predicted octanol–water partition coefficient (Wildman–Crippen LogP) is 1.51. The van der Waals surface area contributed by atoms with Crippen molar-refractivity contribution < 1.29 is 27.5 Å². The van der Waals surface area contributed by atoms with Gasteiger partial charge in [-0.15, -0.1) is 0 Å². The summed E-state index contributed by atoms with van der Waals surface area (Å²) < 4.78 is 36.5. The normalized spacial score (nSPS) is 17.1. The van der Waals surface area contributed by atoms with Gasteiger partial charge in [-0.25, -0.2) is 22.7 Å². The van der Waals surface area contributed by atoms with E-state index >= 15 is 0 Å². The summed E-state index contributed by atoms with van der Waals surface area (Å²) in [5, 5.41) is 2.74. The lowest BCUT2D eigenvalue weighted by Gasteiger charge is -2.29. The molecule has 1 heterocycles. The highest BCUT2D eigenvalue weighted by molar-refractivity contribution is 7.89. The molecule has 1 aliphatic heterocycles. The van der Waals surface area contributed by atoms with Gasteiger partial charge >= 0.3 is 11.9 Å². The fourth-order valence-electron chi connectivity index (χ4n) is 2.04. The second-order valence-corrected chi connectivity index (χ2v) is 7.90. The second kappa shape index (κ2) is 6.85. The molecule has 1 aromatic carbocycles. The summed E-state index contributed by atoms with van der Waals surface area (Å²) >= 11 is 0. The SMILES string of the molecule is CC(C)NS(=O)(=O)c1ccc(NC=C2C(=O)OC(C)(C)OC2=O)cc1. The van der Waals surface area contributed by atoms with Crippen molar-refractivity contribution in [2.24, 2.45) is 0 Å². The minimum absolute atomic E-state index is 0.109. The van der Waals surface area contributed by atoms with Gasteiger partial charge in [0.1, 0.15) is 0 Å². The van der Waals surface area contributed by atoms with Crippen LogP contribution < -0.4 is 10.0 Å². The molecule has 1 aliphatic rings. The minimum atomic E-state index is -3.58. The number of ether oxygens (including phenoxy) is 2. The number of cyclic esters (lactones) is 2. The fourth-order valence-corrected chi connectivity index (χ4v) is 3.29. The third-order valence-corrected chi connectivity index (χ3v) is 4.73. The Morgan fingerprint density at radius 3 is 2.04 bits per heavy atom. The van der Waals surface area contributed by atoms with E-state index in [0.29, 0.717) is 5.69 Å². The van der Waals surface area contributed by atoms with Crippen molar-refractivity contribution in [3.63, 3.8) is 0 Å². The number of carbonyl (C=O) groups excluding carboxylic acids is 2. The standard InChI is InChI=1S/C16H20N2O6S/c1-10(2)18-25(21,22)12-7-5-11(6-8-12)17-9-13-14(19)23-16(3,4)24-15(13)20/h5-10,17-18H,1-4H3. The maximum Gasteiger partial charge on any atom is 0.350 e. The number of anilines is 1. The van der Waals surface area contributed by atoms with Gasteiger partial charge in [0.15, 0.2) is 5.57 Å². The summed E-state index contributed by atoms with van der Waals surface area (Å²) in [5.74, 6) is -2.89. The van der Waals surface area contributed by atoms with E-state index in [2.05, 4.69) is 10.0 Å². The number of sulfonamides is 1. The van der Waals surface area contributed by atoms with Crippen LogP contribution >= 0.6 is 0 Å². The molecule has 0 aromatic heterocycles. The van der Waals surface area contributed by atoms with Crippen LogP contribution in [0, 0.1) is 0 Å².